The van der Waals surface area contributed by atoms with Crippen LogP contribution >= 0.6 is 0 Å². The zero-order valence-corrected chi connectivity index (χ0v) is 13.9. The summed E-state index contributed by atoms with van der Waals surface area (Å²) in [7, 11) is 0. The van der Waals surface area contributed by atoms with Gasteiger partial charge in [0.1, 0.15) is 6.26 Å². The van der Waals surface area contributed by atoms with Crippen molar-refractivity contribution in [1.82, 2.24) is 10.2 Å². The summed E-state index contributed by atoms with van der Waals surface area (Å²) in [6.45, 7) is 7.25. The van der Waals surface area contributed by atoms with Gasteiger partial charge in [-0.15, -0.1) is 0 Å². The second-order valence-corrected chi connectivity index (χ2v) is 5.64. The van der Waals surface area contributed by atoms with E-state index in [1.54, 1.807) is 11.0 Å². The summed E-state index contributed by atoms with van der Waals surface area (Å²) in [5.41, 5.74) is 0.541. The fourth-order valence-corrected chi connectivity index (χ4v) is 2.12. The Balaban J connectivity index is 2.54. The lowest BCUT2D eigenvalue weighted by Crippen LogP contribution is -2.38. The summed E-state index contributed by atoms with van der Waals surface area (Å²) in [6.07, 6.45) is 7.31. The molecule has 5 nitrogen and oxygen atoms in total. The molecule has 1 atom stereocenters. The van der Waals surface area contributed by atoms with E-state index >= 15 is 0 Å². The molecule has 0 radical (unpaired) electrons. The molecule has 5 heteroatoms. The molecule has 0 fully saturated rings. The first kappa shape index (κ1) is 18.3. The lowest BCUT2D eigenvalue weighted by Gasteiger charge is -2.22. The van der Waals surface area contributed by atoms with Gasteiger partial charge in [0.05, 0.1) is 11.8 Å². The van der Waals surface area contributed by atoms with Crippen molar-refractivity contribution < 1.29 is 14.0 Å². The maximum atomic E-state index is 12.4. The third-order valence-corrected chi connectivity index (χ3v) is 3.72. The quantitative estimate of drug-likeness (QED) is 0.675. The Morgan fingerprint density at radius 3 is 2.64 bits per heavy atom. The summed E-state index contributed by atoms with van der Waals surface area (Å²) < 4.78 is 4.98. The monoisotopic (exact) mass is 308 g/mol. The average molecular weight is 308 g/mol. The SMILES string of the molecule is CCCCCN(CCC(=O)N[C@H](C)CC)C(=O)c1ccoc1. The van der Waals surface area contributed by atoms with Crippen LogP contribution in [0.1, 0.15) is 63.2 Å². The third kappa shape index (κ3) is 6.33. The zero-order chi connectivity index (χ0) is 16.4. The highest BCUT2D eigenvalue weighted by atomic mass is 16.3. The fourth-order valence-electron chi connectivity index (χ4n) is 2.12. The van der Waals surface area contributed by atoms with E-state index in [0.717, 1.165) is 25.7 Å². The predicted octanol–water partition coefficient (Wildman–Crippen LogP) is 3.22. The van der Waals surface area contributed by atoms with Crippen molar-refractivity contribution in [3.63, 3.8) is 0 Å². The standard InChI is InChI=1S/C17H28N2O3/c1-4-6-7-10-19(17(21)15-9-12-22-13-15)11-8-16(20)18-14(3)5-2/h9,12-14H,4-8,10-11H2,1-3H3,(H,18,20)/t14-/m1/s1. The van der Waals surface area contributed by atoms with Gasteiger partial charge in [0, 0.05) is 25.6 Å². The largest absolute Gasteiger partial charge is 0.472 e. The molecule has 0 aliphatic heterocycles. The number of hydrogen-bond donors (Lipinski definition) is 1. The Morgan fingerprint density at radius 1 is 1.27 bits per heavy atom. The molecule has 0 aliphatic carbocycles. The van der Waals surface area contributed by atoms with Crippen LogP contribution in [0.15, 0.2) is 23.0 Å². The Kier molecular flexibility index (Phi) is 8.33. The van der Waals surface area contributed by atoms with E-state index < -0.39 is 0 Å². The number of carbonyl (C=O) groups is 2. The molecule has 1 N–H and O–H groups in total. The molecule has 0 saturated heterocycles. The van der Waals surface area contributed by atoms with E-state index in [2.05, 4.69) is 12.2 Å². The minimum atomic E-state index is -0.0683. The minimum absolute atomic E-state index is 0.00478. The molecular formula is C17H28N2O3. The highest BCUT2D eigenvalue weighted by Crippen LogP contribution is 2.08. The van der Waals surface area contributed by atoms with Gasteiger partial charge in [-0.1, -0.05) is 26.7 Å². The second kappa shape index (κ2) is 10.0. The Bertz CT molecular complexity index is 443. The minimum Gasteiger partial charge on any atom is -0.472 e. The van der Waals surface area contributed by atoms with Crippen LogP contribution < -0.4 is 5.32 Å². The van der Waals surface area contributed by atoms with E-state index in [0.29, 0.717) is 25.1 Å². The van der Waals surface area contributed by atoms with Gasteiger partial charge in [-0.3, -0.25) is 9.59 Å². The number of unbranched alkanes of at least 4 members (excludes halogenated alkanes) is 2. The summed E-state index contributed by atoms with van der Waals surface area (Å²) in [6, 6.07) is 1.83. The van der Waals surface area contributed by atoms with Crippen molar-refractivity contribution in [2.45, 2.75) is 58.9 Å². The van der Waals surface area contributed by atoms with Gasteiger partial charge in [0.25, 0.3) is 5.91 Å². The topological polar surface area (TPSA) is 62.6 Å². The number of nitrogens with zero attached hydrogens (tertiary/aromatic N) is 1. The molecule has 0 aliphatic rings. The number of rotatable bonds is 10. The molecule has 22 heavy (non-hydrogen) atoms. The summed E-state index contributed by atoms with van der Waals surface area (Å²) in [5, 5.41) is 2.93. The molecule has 2 amide bonds. The molecular weight excluding hydrogens is 280 g/mol. The molecule has 0 bridgehead atoms. The predicted molar refractivity (Wildman–Crippen MR) is 86.6 cm³/mol. The Hall–Kier alpha value is -1.78. The molecule has 0 unspecified atom stereocenters. The van der Waals surface area contributed by atoms with Gasteiger partial charge in [0.2, 0.25) is 5.91 Å². The Labute approximate surface area is 133 Å². The lowest BCUT2D eigenvalue weighted by molar-refractivity contribution is -0.121. The van der Waals surface area contributed by atoms with Crippen molar-refractivity contribution in [3.8, 4) is 0 Å². The number of amides is 2. The van der Waals surface area contributed by atoms with Gasteiger partial charge < -0.3 is 14.6 Å². The van der Waals surface area contributed by atoms with Crippen molar-refractivity contribution in [1.29, 1.82) is 0 Å². The van der Waals surface area contributed by atoms with Gasteiger partial charge in [-0.2, -0.15) is 0 Å². The first-order chi connectivity index (χ1) is 10.6. The van der Waals surface area contributed by atoms with Crippen LogP contribution in [-0.2, 0) is 4.79 Å². The average Bonchev–Trinajstić information content (AvgIpc) is 3.04. The molecule has 0 aromatic carbocycles. The van der Waals surface area contributed by atoms with Crippen molar-refractivity contribution in [2.24, 2.45) is 0 Å². The van der Waals surface area contributed by atoms with E-state index in [4.69, 9.17) is 4.42 Å². The van der Waals surface area contributed by atoms with Gasteiger partial charge >= 0.3 is 0 Å². The first-order valence-electron chi connectivity index (χ1n) is 8.19. The molecule has 0 saturated carbocycles. The van der Waals surface area contributed by atoms with Crippen LogP contribution in [0.3, 0.4) is 0 Å². The summed E-state index contributed by atoms with van der Waals surface area (Å²) >= 11 is 0. The highest BCUT2D eigenvalue weighted by molar-refractivity contribution is 5.94. The number of nitrogens with one attached hydrogen (secondary N) is 1. The van der Waals surface area contributed by atoms with Crippen LogP contribution in [0.25, 0.3) is 0 Å². The first-order valence-corrected chi connectivity index (χ1v) is 8.19. The van der Waals surface area contributed by atoms with E-state index in [1.807, 2.05) is 13.8 Å². The van der Waals surface area contributed by atoms with Crippen molar-refractivity contribution >= 4 is 11.8 Å². The van der Waals surface area contributed by atoms with E-state index in [1.165, 1.54) is 12.5 Å². The van der Waals surface area contributed by atoms with Crippen LogP contribution in [0.4, 0.5) is 0 Å². The molecule has 1 aromatic rings. The van der Waals surface area contributed by atoms with Crippen LogP contribution in [-0.4, -0.2) is 35.8 Å². The smallest absolute Gasteiger partial charge is 0.257 e. The summed E-state index contributed by atoms with van der Waals surface area (Å²) in [5.74, 6) is -0.0731. The maximum absolute atomic E-state index is 12.4. The van der Waals surface area contributed by atoms with Crippen LogP contribution in [0, 0.1) is 0 Å². The van der Waals surface area contributed by atoms with Crippen LogP contribution in [0.5, 0.6) is 0 Å². The molecule has 1 heterocycles. The van der Waals surface area contributed by atoms with Gasteiger partial charge in [-0.05, 0) is 25.8 Å². The lowest BCUT2D eigenvalue weighted by atomic mass is 10.2. The third-order valence-electron chi connectivity index (χ3n) is 3.72. The van der Waals surface area contributed by atoms with Gasteiger partial charge in [0.15, 0.2) is 0 Å². The maximum Gasteiger partial charge on any atom is 0.257 e. The van der Waals surface area contributed by atoms with Gasteiger partial charge in [-0.25, -0.2) is 0 Å². The molecule has 1 aromatic heterocycles. The normalized spacial score (nSPS) is 12.0. The molecule has 1 rings (SSSR count). The number of carbonyl (C=O) groups excluding carboxylic acids is 2. The molecule has 124 valence electrons. The number of hydrogen-bond acceptors (Lipinski definition) is 3. The zero-order valence-electron chi connectivity index (χ0n) is 13.9. The number of furan rings is 1. The van der Waals surface area contributed by atoms with E-state index in [9.17, 15) is 9.59 Å². The van der Waals surface area contributed by atoms with Crippen molar-refractivity contribution in [3.05, 3.63) is 24.2 Å². The Morgan fingerprint density at radius 2 is 2.05 bits per heavy atom. The fraction of sp³-hybridized carbons (Fsp3) is 0.647. The van der Waals surface area contributed by atoms with Crippen LogP contribution in [0.2, 0.25) is 0 Å². The van der Waals surface area contributed by atoms with E-state index in [-0.39, 0.29) is 17.9 Å². The molecule has 0 spiro atoms. The summed E-state index contributed by atoms with van der Waals surface area (Å²) in [4.78, 5) is 26.1. The van der Waals surface area contributed by atoms with Crippen molar-refractivity contribution in [2.75, 3.05) is 13.1 Å². The highest BCUT2D eigenvalue weighted by Gasteiger charge is 2.17. The second-order valence-electron chi connectivity index (χ2n) is 5.64.